The molecule has 0 atom stereocenters. The third-order valence-corrected chi connectivity index (χ3v) is 3.62. The normalized spacial score (nSPS) is 11.0. The van der Waals surface area contributed by atoms with Crippen LogP contribution in [0.5, 0.6) is 11.8 Å². The number of carbonyl (C=O) groups is 1. The summed E-state index contributed by atoms with van der Waals surface area (Å²) in [4.78, 5) is 17.4. The fourth-order valence-electron chi connectivity index (χ4n) is 2.32. The molecule has 5 nitrogen and oxygen atoms in total. The summed E-state index contributed by atoms with van der Waals surface area (Å²) in [7, 11) is 0. The molecule has 120 valence electrons. The van der Waals surface area contributed by atoms with E-state index in [-0.39, 0.29) is 23.6 Å². The minimum absolute atomic E-state index is 0.177. The molecular formula is C16H27NO4. The molecule has 0 aliphatic carbocycles. The van der Waals surface area contributed by atoms with Crippen LogP contribution in [0.2, 0.25) is 0 Å². The van der Waals surface area contributed by atoms with Crippen LogP contribution >= 0.6 is 0 Å². The Hall–Kier alpha value is -1.65. The number of carbonyl (C=O) groups excluding carboxylic acids is 1. The summed E-state index contributed by atoms with van der Waals surface area (Å²) in [5.41, 5.74) is 0. The van der Waals surface area contributed by atoms with Gasteiger partial charge in [0.15, 0.2) is 0 Å². The van der Waals surface area contributed by atoms with Crippen molar-refractivity contribution in [2.45, 2.75) is 65.2 Å². The molecule has 0 aromatic carbocycles. The molecule has 5 heteroatoms. The Balaban J connectivity index is 2.60. The van der Waals surface area contributed by atoms with Crippen LogP contribution in [0.25, 0.3) is 0 Å². The second-order valence-corrected chi connectivity index (χ2v) is 5.44. The minimum Gasteiger partial charge on any atom is -0.492 e. The number of hydrogen-bond acceptors (Lipinski definition) is 4. The third-order valence-electron chi connectivity index (χ3n) is 3.62. The van der Waals surface area contributed by atoms with Gasteiger partial charge in [0.1, 0.15) is 0 Å². The van der Waals surface area contributed by atoms with Gasteiger partial charge in [0, 0.05) is 12.1 Å². The topological polar surface area (TPSA) is 71.7 Å². The van der Waals surface area contributed by atoms with Crippen molar-refractivity contribution in [2.75, 3.05) is 0 Å². The van der Waals surface area contributed by atoms with Gasteiger partial charge < -0.3 is 15.1 Å². The van der Waals surface area contributed by atoms with Crippen molar-refractivity contribution >= 4 is 5.97 Å². The molecule has 0 amide bonds. The molecule has 1 aromatic rings. The van der Waals surface area contributed by atoms with Gasteiger partial charge >= 0.3 is 5.97 Å². The van der Waals surface area contributed by atoms with Crippen molar-refractivity contribution in [1.29, 1.82) is 0 Å². The summed E-state index contributed by atoms with van der Waals surface area (Å²) in [6.07, 6.45) is 7.97. The van der Waals surface area contributed by atoms with E-state index < -0.39 is 0 Å². The summed E-state index contributed by atoms with van der Waals surface area (Å²) in [5, 5.41) is 19.0. The molecule has 0 aliphatic rings. The van der Waals surface area contributed by atoms with E-state index in [1.807, 2.05) is 0 Å². The predicted molar refractivity (Wildman–Crippen MR) is 81.1 cm³/mol. The van der Waals surface area contributed by atoms with Crippen LogP contribution in [-0.2, 0) is 4.79 Å². The maximum atomic E-state index is 12.2. The smallest absolute Gasteiger partial charge is 0.336 e. The lowest BCUT2D eigenvalue weighted by Gasteiger charge is -2.16. The molecule has 1 heterocycles. The molecule has 0 unspecified atom stereocenters. The fourth-order valence-corrected chi connectivity index (χ4v) is 2.32. The first-order valence-corrected chi connectivity index (χ1v) is 7.92. The van der Waals surface area contributed by atoms with E-state index in [1.54, 1.807) is 0 Å². The van der Waals surface area contributed by atoms with Crippen molar-refractivity contribution in [2.24, 2.45) is 5.92 Å². The van der Waals surface area contributed by atoms with Crippen molar-refractivity contribution in [3.63, 3.8) is 0 Å². The van der Waals surface area contributed by atoms with Crippen molar-refractivity contribution in [3.8, 4) is 11.8 Å². The molecule has 0 fully saturated rings. The quantitative estimate of drug-likeness (QED) is 0.647. The fraction of sp³-hybridized carbons (Fsp3) is 0.688. The summed E-state index contributed by atoms with van der Waals surface area (Å²) in [6.45, 7) is 4.25. The van der Waals surface area contributed by atoms with E-state index in [4.69, 9.17) is 4.84 Å². The number of aromatic nitrogens is 1. The summed E-state index contributed by atoms with van der Waals surface area (Å²) in [5.74, 6) is -1.11. The molecule has 21 heavy (non-hydrogen) atoms. The Labute approximate surface area is 126 Å². The predicted octanol–water partition coefficient (Wildman–Crippen LogP) is 3.63. The molecule has 0 aliphatic heterocycles. The summed E-state index contributed by atoms with van der Waals surface area (Å²) >= 11 is 0. The van der Waals surface area contributed by atoms with Crippen LogP contribution in [0.4, 0.5) is 0 Å². The Bertz CT molecular complexity index is 398. The van der Waals surface area contributed by atoms with Gasteiger partial charge in [-0.25, -0.2) is 4.79 Å². The van der Waals surface area contributed by atoms with Gasteiger partial charge in [-0.15, -0.1) is 4.73 Å². The van der Waals surface area contributed by atoms with Gasteiger partial charge in [-0.1, -0.05) is 52.4 Å². The average molecular weight is 297 g/mol. The van der Waals surface area contributed by atoms with Crippen LogP contribution in [0, 0.1) is 5.92 Å². The molecular weight excluding hydrogens is 270 g/mol. The Kier molecular flexibility index (Phi) is 7.72. The zero-order valence-electron chi connectivity index (χ0n) is 13.0. The lowest BCUT2D eigenvalue weighted by atomic mass is 9.95. The monoisotopic (exact) mass is 297 g/mol. The van der Waals surface area contributed by atoms with Crippen molar-refractivity contribution in [3.05, 3.63) is 12.1 Å². The Morgan fingerprint density at radius 1 is 1.05 bits per heavy atom. The largest absolute Gasteiger partial charge is 0.492 e. The second kappa shape index (κ2) is 9.32. The zero-order chi connectivity index (χ0) is 15.7. The highest BCUT2D eigenvalue weighted by atomic mass is 16.7. The van der Waals surface area contributed by atoms with Crippen LogP contribution in [0.15, 0.2) is 12.1 Å². The molecule has 2 N–H and O–H groups in total. The van der Waals surface area contributed by atoms with Crippen LogP contribution in [-0.4, -0.2) is 20.9 Å². The lowest BCUT2D eigenvalue weighted by Crippen LogP contribution is -2.27. The maximum Gasteiger partial charge on any atom is 0.336 e. The molecule has 0 spiro atoms. The highest BCUT2D eigenvalue weighted by Crippen LogP contribution is 2.22. The average Bonchev–Trinajstić information content (AvgIpc) is 2.77. The molecule has 0 saturated carbocycles. The van der Waals surface area contributed by atoms with E-state index in [1.165, 1.54) is 12.1 Å². The van der Waals surface area contributed by atoms with Gasteiger partial charge in [0.25, 0.3) is 0 Å². The number of unbranched alkanes of at least 4 members (excludes halogenated alkanes) is 4. The lowest BCUT2D eigenvalue weighted by molar-refractivity contribution is -0.151. The van der Waals surface area contributed by atoms with E-state index in [0.29, 0.717) is 0 Å². The SMILES string of the molecule is CCCCCC(CCCCC)C(=O)On1c(O)ccc1O. The summed E-state index contributed by atoms with van der Waals surface area (Å²) in [6, 6.07) is 2.57. The van der Waals surface area contributed by atoms with Crippen molar-refractivity contribution in [1.82, 2.24) is 4.73 Å². The van der Waals surface area contributed by atoms with E-state index in [2.05, 4.69) is 13.8 Å². The van der Waals surface area contributed by atoms with E-state index >= 15 is 0 Å². The molecule has 0 saturated heterocycles. The molecule has 1 rings (SSSR count). The first-order valence-electron chi connectivity index (χ1n) is 7.92. The second-order valence-electron chi connectivity index (χ2n) is 5.44. The summed E-state index contributed by atoms with van der Waals surface area (Å²) < 4.78 is 0.773. The van der Waals surface area contributed by atoms with Gasteiger partial charge in [0.2, 0.25) is 11.8 Å². The molecule has 0 bridgehead atoms. The highest BCUT2D eigenvalue weighted by Gasteiger charge is 2.22. The third kappa shape index (κ3) is 5.69. The van der Waals surface area contributed by atoms with E-state index in [0.717, 1.165) is 56.1 Å². The number of nitrogens with zero attached hydrogens (tertiary/aromatic N) is 1. The van der Waals surface area contributed by atoms with Crippen LogP contribution in [0.1, 0.15) is 65.2 Å². The van der Waals surface area contributed by atoms with E-state index in [9.17, 15) is 15.0 Å². The van der Waals surface area contributed by atoms with Crippen molar-refractivity contribution < 1.29 is 19.8 Å². The number of hydrogen-bond donors (Lipinski definition) is 2. The molecule has 0 radical (unpaired) electrons. The first kappa shape index (κ1) is 17.4. The van der Waals surface area contributed by atoms with Gasteiger partial charge in [-0.2, -0.15) is 0 Å². The number of rotatable bonds is 10. The number of aromatic hydroxyl groups is 2. The standard InChI is InChI=1S/C16H27NO4/c1-3-5-7-9-13(10-8-6-4-2)16(20)21-17-14(18)11-12-15(17)19/h11-13,18-19H,3-10H2,1-2H3. The van der Waals surface area contributed by atoms with Gasteiger partial charge in [-0.3, -0.25) is 0 Å². The Morgan fingerprint density at radius 3 is 1.95 bits per heavy atom. The van der Waals surface area contributed by atoms with Gasteiger partial charge in [0.05, 0.1) is 5.92 Å². The van der Waals surface area contributed by atoms with Crippen LogP contribution in [0.3, 0.4) is 0 Å². The first-order chi connectivity index (χ1) is 10.1. The zero-order valence-corrected chi connectivity index (χ0v) is 13.0. The Morgan fingerprint density at radius 2 is 1.52 bits per heavy atom. The van der Waals surface area contributed by atoms with Gasteiger partial charge in [-0.05, 0) is 12.8 Å². The minimum atomic E-state index is -0.385. The highest BCUT2D eigenvalue weighted by molar-refractivity contribution is 5.72. The molecule has 1 aromatic heterocycles. The van der Waals surface area contributed by atoms with Crippen LogP contribution < -0.4 is 4.84 Å². The maximum absolute atomic E-state index is 12.2.